The molecule has 0 spiro atoms. The van der Waals surface area contributed by atoms with Gasteiger partial charge in [0.05, 0.1) is 0 Å². The predicted molar refractivity (Wildman–Crippen MR) is 77.7 cm³/mol. The Morgan fingerprint density at radius 2 is 1.94 bits per heavy atom. The van der Waals surface area contributed by atoms with Crippen LogP contribution in [0.1, 0.15) is 11.3 Å². The van der Waals surface area contributed by atoms with Crippen LogP contribution in [-0.4, -0.2) is 0 Å². The zero-order valence-corrected chi connectivity index (χ0v) is 10.3. The molecule has 88 valence electrons. The van der Waals surface area contributed by atoms with E-state index < -0.39 is 0 Å². The number of benzene rings is 2. The standard InChI is InChI=1S/C17H14O/c1-3-4-8-14-12(2)18-16-11-10-13-7-5-6-9-15(13)17(14)16/h3-11H,1H2,2H3/b8-4-. The van der Waals surface area contributed by atoms with Gasteiger partial charge in [0, 0.05) is 10.9 Å². The lowest BCUT2D eigenvalue weighted by atomic mass is 10.0. The molecule has 1 heteroatoms. The van der Waals surface area contributed by atoms with Crippen LogP contribution in [0.4, 0.5) is 0 Å². The van der Waals surface area contributed by atoms with Gasteiger partial charge in [0.1, 0.15) is 11.3 Å². The number of hydrogen-bond donors (Lipinski definition) is 0. The highest BCUT2D eigenvalue weighted by atomic mass is 16.3. The van der Waals surface area contributed by atoms with Crippen molar-refractivity contribution in [3.8, 4) is 0 Å². The molecule has 0 atom stereocenters. The number of rotatable bonds is 2. The molecule has 0 fully saturated rings. The molecule has 3 rings (SSSR count). The molecule has 18 heavy (non-hydrogen) atoms. The number of furan rings is 1. The molecule has 0 aliphatic carbocycles. The number of fused-ring (bicyclic) bond motifs is 3. The molecule has 0 unspecified atom stereocenters. The Balaban J connectivity index is 2.47. The fourth-order valence-corrected chi connectivity index (χ4v) is 2.38. The average molecular weight is 234 g/mol. The van der Waals surface area contributed by atoms with Crippen LogP contribution in [0.2, 0.25) is 0 Å². The van der Waals surface area contributed by atoms with Crippen molar-refractivity contribution in [2.45, 2.75) is 6.92 Å². The smallest absolute Gasteiger partial charge is 0.135 e. The van der Waals surface area contributed by atoms with Gasteiger partial charge in [-0.1, -0.05) is 55.1 Å². The molecule has 0 saturated carbocycles. The van der Waals surface area contributed by atoms with Crippen molar-refractivity contribution < 1.29 is 4.42 Å². The van der Waals surface area contributed by atoms with E-state index in [1.54, 1.807) is 6.08 Å². The second kappa shape index (κ2) is 4.19. The maximum absolute atomic E-state index is 5.82. The topological polar surface area (TPSA) is 13.1 Å². The summed E-state index contributed by atoms with van der Waals surface area (Å²) in [5.41, 5.74) is 2.08. The van der Waals surface area contributed by atoms with Crippen LogP contribution in [0, 0.1) is 6.92 Å². The van der Waals surface area contributed by atoms with Crippen molar-refractivity contribution in [2.75, 3.05) is 0 Å². The maximum Gasteiger partial charge on any atom is 0.135 e. The van der Waals surface area contributed by atoms with Crippen LogP contribution in [0.3, 0.4) is 0 Å². The lowest BCUT2D eigenvalue weighted by Gasteiger charge is -1.99. The Morgan fingerprint density at radius 1 is 1.11 bits per heavy atom. The van der Waals surface area contributed by atoms with Gasteiger partial charge in [-0.25, -0.2) is 0 Å². The fraction of sp³-hybridized carbons (Fsp3) is 0.0588. The van der Waals surface area contributed by atoms with E-state index in [1.165, 1.54) is 16.2 Å². The van der Waals surface area contributed by atoms with Gasteiger partial charge in [0.2, 0.25) is 0 Å². The molecule has 1 heterocycles. The lowest BCUT2D eigenvalue weighted by Crippen LogP contribution is -1.76. The molecule has 0 amide bonds. The molecule has 0 aliphatic rings. The highest BCUT2D eigenvalue weighted by Gasteiger charge is 2.11. The van der Waals surface area contributed by atoms with E-state index in [1.807, 2.05) is 19.1 Å². The zero-order chi connectivity index (χ0) is 12.5. The van der Waals surface area contributed by atoms with E-state index in [0.717, 1.165) is 16.9 Å². The minimum atomic E-state index is 0.940. The first kappa shape index (κ1) is 10.8. The third-order valence-corrected chi connectivity index (χ3v) is 3.20. The summed E-state index contributed by atoms with van der Waals surface area (Å²) in [5.74, 6) is 0.944. The summed E-state index contributed by atoms with van der Waals surface area (Å²) in [5, 5.41) is 3.65. The fourth-order valence-electron chi connectivity index (χ4n) is 2.38. The molecule has 1 aromatic heterocycles. The van der Waals surface area contributed by atoms with E-state index in [2.05, 4.69) is 43.0 Å². The third-order valence-electron chi connectivity index (χ3n) is 3.20. The van der Waals surface area contributed by atoms with E-state index in [0.29, 0.717) is 0 Å². The van der Waals surface area contributed by atoms with Crippen molar-refractivity contribution in [3.63, 3.8) is 0 Å². The van der Waals surface area contributed by atoms with Gasteiger partial charge in [-0.3, -0.25) is 0 Å². The Morgan fingerprint density at radius 3 is 2.78 bits per heavy atom. The lowest BCUT2D eigenvalue weighted by molar-refractivity contribution is 0.577. The summed E-state index contributed by atoms with van der Waals surface area (Å²) in [6, 6.07) is 12.5. The Kier molecular flexibility index (Phi) is 2.52. The molecule has 2 aromatic carbocycles. The molecule has 3 aromatic rings. The van der Waals surface area contributed by atoms with Gasteiger partial charge in [-0.2, -0.15) is 0 Å². The summed E-state index contributed by atoms with van der Waals surface area (Å²) >= 11 is 0. The van der Waals surface area contributed by atoms with Crippen LogP contribution in [-0.2, 0) is 0 Å². The molecular weight excluding hydrogens is 220 g/mol. The van der Waals surface area contributed by atoms with Gasteiger partial charge in [0.15, 0.2) is 0 Å². The number of allylic oxidation sites excluding steroid dienone is 2. The van der Waals surface area contributed by atoms with Crippen LogP contribution in [0.15, 0.2) is 59.5 Å². The van der Waals surface area contributed by atoms with Crippen molar-refractivity contribution in [3.05, 3.63) is 66.5 Å². The van der Waals surface area contributed by atoms with Crippen LogP contribution in [0.25, 0.3) is 27.8 Å². The predicted octanol–water partition coefficient (Wildman–Crippen LogP) is 5.09. The first-order valence-corrected chi connectivity index (χ1v) is 6.01. The summed E-state index contributed by atoms with van der Waals surface area (Å²) in [7, 11) is 0. The Bertz CT molecular complexity index is 760. The van der Waals surface area contributed by atoms with Gasteiger partial charge in [0.25, 0.3) is 0 Å². The minimum absolute atomic E-state index is 0.940. The minimum Gasteiger partial charge on any atom is -0.461 e. The first-order valence-electron chi connectivity index (χ1n) is 6.01. The van der Waals surface area contributed by atoms with E-state index in [9.17, 15) is 0 Å². The molecule has 0 aliphatic heterocycles. The summed E-state index contributed by atoms with van der Waals surface area (Å²) in [6.45, 7) is 5.71. The highest BCUT2D eigenvalue weighted by Crippen LogP contribution is 2.33. The second-order valence-corrected chi connectivity index (χ2v) is 4.33. The van der Waals surface area contributed by atoms with Crippen molar-refractivity contribution in [1.82, 2.24) is 0 Å². The molecule has 0 radical (unpaired) electrons. The van der Waals surface area contributed by atoms with E-state index in [-0.39, 0.29) is 0 Å². The number of hydrogen-bond acceptors (Lipinski definition) is 1. The summed E-state index contributed by atoms with van der Waals surface area (Å²) < 4.78 is 5.82. The van der Waals surface area contributed by atoms with Gasteiger partial charge in [-0.15, -0.1) is 0 Å². The number of aryl methyl sites for hydroxylation is 1. The van der Waals surface area contributed by atoms with Gasteiger partial charge < -0.3 is 4.42 Å². The monoisotopic (exact) mass is 234 g/mol. The third kappa shape index (κ3) is 1.56. The maximum atomic E-state index is 5.82. The highest BCUT2D eigenvalue weighted by molar-refractivity contribution is 6.10. The largest absolute Gasteiger partial charge is 0.461 e. The van der Waals surface area contributed by atoms with Gasteiger partial charge >= 0.3 is 0 Å². The normalized spacial score (nSPS) is 11.6. The average Bonchev–Trinajstić information content (AvgIpc) is 2.72. The van der Waals surface area contributed by atoms with Crippen molar-refractivity contribution >= 4 is 27.8 Å². The summed E-state index contributed by atoms with van der Waals surface area (Å²) in [6.07, 6.45) is 5.78. The van der Waals surface area contributed by atoms with E-state index in [4.69, 9.17) is 4.42 Å². The van der Waals surface area contributed by atoms with Crippen LogP contribution >= 0.6 is 0 Å². The van der Waals surface area contributed by atoms with Crippen molar-refractivity contribution in [2.24, 2.45) is 0 Å². The summed E-state index contributed by atoms with van der Waals surface area (Å²) in [4.78, 5) is 0. The first-order chi connectivity index (χ1) is 8.81. The van der Waals surface area contributed by atoms with Crippen molar-refractivity contribution in [1.29, 1.82) is 0 Å². The SMILES string of the molecule is C=C/C=C\c1c(C)oc2ccc3ccccc3c12. The molecule has 0 bridgehead atoms. The Hall–Kier alpha value is -2.28. The van der Waals surface area contributed by atoms with Crippen LogP contribution < -0.4 is 0 Å². The molecule has 1 nitrogen and oxygen atoms in total. The molecule has 0 N–H and O–H groups in total. The molecular formula is C17H14O. The van der Waals surface area contributed by atoms with Crippen LogP contribution in [0.5, 0.6) is 0 Å². The molecule has 0 saturated heterocycles. The second-order valence-electron chi connectivity index (χ2n) is 4.33. The van der Waals surface area contributed by atoms with E-state index >= 15 is 0 Å². The quantitative estimate of drug-likeness (QED) is 0.563. The zero-order valence-electron chi connectivity index (χ0n) is 10.3. The Labute approximate surface area is 106 Å². The van der Waals surface area contributed by atoms with Gasteiger partial charge in [-0.05, 0) is 23.8 Å².